The molecule has 0 bridgehead atoms. The standard InChI is InChI=1S/C29H32N8O.ClH/c1-20-5-10-24(18-26(20)35-29-32-13-11-25(34-29)23-4-3-12-31-19-23)33-28(38)22-8-6-21(7-9-22)27(30)37-16-14-36(2)15-17-37;/h3-13,18-19,27H,14-17,30H2,1-2H3,(H,33,38)(H,32,34,35);1H. The number of amides is 1. The van der Waals surface area contributed by atoms with Gasteiger partial charge in [-0.1, -0.05) is 18.2 Å². The first-order valence-electron chi connectivity index (χ1n) is 12.7. The van der Waals surface area contributed by atoms with E-state index in [2.05, 4.69) is 42.4 Å². The summed E-state index contributed by atoms with van der Waals surface area (Å²) in [6.07, 6.45) is 5.02. The lowest BCUT2D eigenvalue weighted by Crippen LogP contribution is -2.48. The molecule has 1 fully saturated rings. The van der Waals surface area contributed by atoms with Gasteiger partial charge >= 0.3 is 0 Å². The molecule has 39 heavy (non-hydrogen) atoms. The minimum absolute atomic E-state index is 0. The Hall–Kier alpha value is -3.89. The first-order chi connectivity index (χ1) is 18.5. The van der Waals surface area contributed by atoms with Gasteiger partial charge in [0.25, 0.3) is 5.91 Å². The third kappa shape index (κ3) is 6.96. The summed E-state index contributed by atoms with van der Waals surface area (Å²) in [5, 5.41) is 6.26. The molecule has 0 aliphatic carbocycles. The zero-order valence-electron chi connectivity index (χ0n) is 22.0. The van der Waals surface area contributed by atoms with Crippen LogP contribution in [0.5, 0.6) is 0 Å². The Morgan fingerprint density at radius 2 is 1.77 bits per heavy atom. The van der Waals surface area contributed by atoms with Crippen molar-refractivity contribution < 1.29 is 4.79 Å². The molecule has 5 rings (SSSR count). The minimum atomic E-state index is -0.186. The first kappa shape index (κ1) is 28.1. The quantitative estimate of drug-likeness (QED) is 0.312. The van der Waals surface area contributed by atoms with Gasteiger partial charge in [-0.3, -0.25) is 14.7 Å². The number of pyridine rings is 1. The highest BCUT2D eigenvalue weighted by atomic mass is 35.5. The maximum absolute atomic E-state index is 13.0. The van der Waals surface area contributed by atoms with E-state index in [4.69, 9.17) is 5.73 Å². The maximum Gasteiger partial charge on any atom is 0.255 e. The van der Waals surface area contributed by atoms with Crippen LogP contribution >= 0.6 is 12.4 Å². The van der Waals surface area contributed by atoms with Crippen LogP contribution < -0.4 is 16.4 Å². The molecule has 1 aliphatic heterocycles. The van der Waals surface area contributed by atoms with Crippen molar-refractivity contribution in [2.75, 3.05) is 43.9 Å². The number of halogens is 1. The van der Waals surface area contributed by atoms with Crippen LogP contribution in [0.25, 0.3) is 11.3 Å². The van der Waals surface area contributed by atoms with E-state index in [1.807, 2.05) is 67.6 Å². The third-order valence-electron chi connectivity index (χ3n) is 6.80. The number of carbonyl (C=O) groups excluding carboxylic acids is 1. The number of rotatable bonds is 7. The van der Waals surface area contributed by atoms with Crippen LogP contribution in [-0.4, -0.2) is 63.9 Å². The van der Waals surface area contributed by atoms with Crippen molar-refractivity contribution in [1.82, 2.24) is 24.8 Å². The van der Waals surface area contributed by atoms with Gasteiger partial charge in [-0.05, 0) is 67.6 Å². The van der Waals surface area contributed by atoms with Gasteiger partial charge in [0.1, 0.15) is 0 Å². The van der Waals surface area contributed by atoms with Crippen LogP contribution in [0.4, 0.5) is 17.3 Å². The molecule has 1 saturated heterocycles. The second-order valence-electron chi connectivity index (χ2n) is 9.52. The van der Waals surface area contributed by atoms with E-state index in [0.717, 1.165) is 54.3 Å². The lowest BCUT2D eigenvalue weighted by atomic mass is 10.1. The number of aromatic nitrogens is 3. The Morgan fingerprint density at radius 1 is 1.00 bits per heavy atom. The molecule has 1 amide bonds. The average Bonchev–Trinajstić information content (AvgIpc) is 2.95. The van der Waals surface area contributed by atoms with Crippen molar-refractivity contribution in [3.63, 3.8) is 0 Å². The van der Waals surface area contributed by atoms with Crippen molar-refractivity contribution in [3.8, 4) is 11.3 Å². The Bertz CT molecular complexity index is 1390. The molecule has 2 aromatic heterocycles. The molecule has 1 unspecified atom stereocenters. The van der Waals surface area contributed by atoms with Gasteiger partial charge < -0.3 is 21.3 Å². The van der Waals surface area contributed by atoms with Gasteiger partial charge in [0.15, 0.2) is 0 Å². The predicted octanol–water partition coefficient (Wildman–Crippen LogP) is 4.47. The number of anilines is 3. The topological polar surface area (TPSA) is 112 Å². The molecule has 1 aliphatic rings. The van der Waals surface area contributed by atoms with Crippen LogP contribution in [0.2, 0.25) is 0 Å². The fraction of sp³-hybridized carbons (Fsp3) is 0.241. The summed E-state index contributed by atoms with van der Waals surface area (Å²) in [5.74, 6) is 0.277. The maximum atomic E-state index is 13.0. The summed E-state index contributed by atoms with van der Waals surface area (Å²) in [7, 11) is 2.12. The van der Waals surface area contributed by atoms with Gasteiger partial charge in [0.2, 0.25) is 5.95 Å². The molecule has 2 aromatic carbocycles. The molecule has 202 valence electrons. The zero-order valence-corrected chi connectivity index (χ0v) is 22.9. The van der Waals surface area contributed by atoms with Crippen LogP contribution in [0.1, 0.15) is 27.7 Å². The van der Waals surface area contributed by atoms with Gasteiger partial charge in [-0.15, -0.1) is 12.4 Å². The van der Waals surface area contributed by atoms with E-state index in [-0.39, 0.29) is 24.5 Å². The van der Waals surface area contributed by atoms with Crippen molar-refractivity contribution in [3.05, 3.63) is 95.9 Å². The van der Waals surface area contributed by atoms with E-state index >= 15 is 0 Å². The summed E-state index contributed by atoms with van der Waals surface area (Å²) in [6, 6.07) is 18.9. The Morgan fingerprint density at radius 3 is 2.49 bits per heavy atom. The van der Waals surface area contributed by atoms with E-state index in [1.54, 1.807) is 18.6 Å². The summed E-state index contributed by atoms with van der Waals surface area (Å²) in [4.78, 5) is 30.7. The fourth-order valence-corrected chi connectivity index (χ4v) is 4.39. The molecular formula is C29H33ClN8O. The molecule has 4 aromatic rings. The number of hydrogen-bond acceptors (Lipinski definition) is 8. The molecule has 9 nitrogen and oxygen atoms in total. The zero-order chi connectivity index (χ0) is 26.5. The SMILES string of the molecule is Cc1ccc(NC(=O)c2ccc(C(N)N3CCN(C)CC3)cc2)cc1Nc1nccc(-c2cccnc2)n1.Cl. The third-order valence-corrected chi connectivity index (χ3v) is 6.80. The van der Waals surface area contributed by atoms with Gasteiger partial charge in [-0.25, -0.2) is 9.97 Å². The Balaban J connectivity index is 0.00000353. The fourth-order valence-electron chi connectivity index (χ4n) is 4.39. The molecular weight excluding hydrogens is 512 g/mol. The molecule has 0 spiro atoms. The highest BCUT2D eigenvalue weighted by Crippen LogP contribution is 2.25. The molecule has 0 radical (unpaired) electrons. The molecule has 3 heterocycles. The number of nitrogens with zero attached hydrogens (tertiary/aromatic N) is 5. The lowest BCUT2D eigenvalue weighted by molar-refractivity contribution is 0.102. The lowest BCUT2D eigenvalue weighted by Gasteiger charge is -2.36. The average molecular weight is 545 g/mol. The van der Waals surface area contributed by atoms with Crippen LogP contribution in [0, 0.1) is 6.92 Å². The van der Waals surface area contributed by atoms with Crippen LogP contribution in [0.3, 0.4) is 0 Å². The monoisotopic (exact) mass is 544 g/mol. The minimum Gasteiger partial charge on any atom is -0.324 e. The van der Waals surface area contributed by atoms with Crippen molar-refractivity contribution in [2.24, 2.45) is 5.73 Å². The van der Waals surface area contributed by atoms with Crippen LogP contribution in [0.15, 0.2) is 79.3 Å². The number of hydrogen-bond donors (Lipinski definition) is 3. The first-order valence-corrected chi connectivity index (χ1v) is 12.7. The van der Waals surface area contributed by atoms with Crippen molar-refractivity contribution in [2.45, 2.75) is 13.1 Å². The Kier molecular flexibility index (Phi) is 9.21. The van der Waals surface area contributed by atoms with E-state index < -0.39 is 0 Å². The van der Waals surface area contributed by atoms with Gasteiger partial charge in [0, 0.05) is 67.3 Å². The van der Waals surface area contributed by atoms with E-state index in [9.17, 15) is 4.79 Å². The van der Waals surface area contributed by atoms with Gasteiger partial charge in [0.05, 0.1) is 11.9 Å². The number of nitrogens with one attached hydrogen (secondary N) is 2. The highest BCUT2D eigenvalue weighted by molar-refractivity contribution is 6.04. The largest absolute Gasteiger partial charge is 0.324 e. The van der Waals surface area contributed by atoms with E-state index in [1.165, 1.54) is 0 Å². The molecule has 4 N–H and O–H groups in total. The normalized spacial score (nSPS) is 14.7. The number of benzene rings is 2. The number of carbonyl (C=O) groups is 1. The number of aryl methyl sites for hydroxylation is 1. The molecule has 0 saturated carbocycles. The van der Waals surface area contributed by atoms with Crippen molar-refractivity contribution >= 4 is 35.6 Å². The second-order valence-corrected chi connectivity index (χ2v) is 9.52. The number of likely N-dealkylation sites (N-methyl/N-ethyl adjacent to an activating group) is 1. The second kappa shape index (κ2) is 12.8. The molecule has 1 atom stereocenters. The number of piperazine rings is 1. The highest BCUT2D eigenvalue weighted by Gasteiger charge is 2.21. The smallest absolute Gasteiger partial charge is 0.255 e. The summed E-state index contributed by atoms with van der Waals surface area (Å²) < 4.78 is 0. The van der Waals surface area contributed by atoms with E-state index in [0.29, 0.717) is 17.2 Å². The van der Waals surface area contributed by atoms with Crippen LogP contribution in [-0.2, 0) is 0 Å². The summed E-state index contributed by atoms with van der Waals surface area (Å²) >= 11 is 0. The summed E-state index contributed by atoms with van der Waals surface area (Å²) in [5.41, 5.74) is 12.2. The van der Waals surface area contributed by atoms with Gasteiger partial charge in [-0.2, -0.15) is 0 Å². The Labute approximate surface area is 234 Å². The van der Waals surface area contributed by atoms with Crippen molar-refractivity contribution in [1.29, 1.82) is 0 Å². The molecule has 10 heteroatoms. The number of nitrogens with two attached hydrogens (primary N) is 1. The predicted molar refractivity (Wildman–Crippen MR) is 157 cm³/mol. The summed E-state index contributed by atoms with van der Waals surface area (Å²) in [6.45, 7) is 5.86.